The Morgan fingerprint density at radius 2 is 1.88 bits per heavy atom. The van der Waals surface area contributed by atoms with Crippen LogP contribution in [0.15, 0.2) is 0 Å². The minimum absolute atomic E-state index is 0.785. The van der Waals surface area contributed by atoms with Gasteiger partial charge in [0.25, 0.3) is 0 Å². The third kappa shape index (κ3) is 1.80. The summed E-state index contributed by atoms with van der Waals surface area (Å²) in [4.78, 5) is 2.72. The first-order valence-electron chi connectivity index (χ1n) is 7.33. The molecule has 0 radical (unpaired) electrons. The van der Waals surface area contributed by atoms with Gasteiger partial charge in [0.1, 0.15) is 0 Å². The van der Waals surface area contributed by atoms with E-state index in [0.29, 0.717) is 0 Å². The van der Waals surface area contributed by atoms with Gasteiger partial charge in [0.2, 0.25) is 0 Å². The first-order chi connectivity index (χ1) is 7.86. The summed E-state index contributed by atoms with van der Waals surface area (Å²) in [5.41, 5.74) is 0.785. The molecule has 0 spiro atoms. The van der Waals surface area contributed by atoms with Crippen LogP contribution in [-0.4, -0.2) is 36.6 Å². The summed E-state index contributed by atoms with van der Waals surface area (Å²) in [5.74, 6) is 1.11. The van der Waals surface area contributed by atoms with Crippen molar-refractivity contribution in [1.82, 2.24) is 10.2 Å². The monoisotopic (exact) mass is 220 g/mol. The van der Waals surface area contributed by atoms with Gasteiger partial charge in [-0.05, 0) is 56.3 Å². The van der Waals surface area contributed by atoms with Gasteiger partial charge in [-0.15, -0.1) is 0 Å². The van der Waals surface area contributed by atoms with Crippen molar-refractivity contribution in [3.63, 3.8) is 0 Å². The molecule has 4 rings (SSSR count). The normalized spacial score (nSPS) is 37.9. The van der Waals surface area contributed by atoms with Gasteiger partial charge in [0.05, 0.1) is 0 Å². The summed E-state index contributed by atoms with van der Waals surface area (Å²) in [6.45, 7) is 4.03. The van der Waals surface area contributed by atoms with Crippen molar-refractivity contribution in [2.75, 3.05) is 19.6 Å². The quantitative estimate of drug-likeness (QED) is 0.762. The SMILES string of the molecule is C1CN(C2CC2)CC1NCC1(C2CC2)CC1. The second-order valence-electron chi connectivity index (χ2n) is 6.73. The van der Waals surface area contributed by atoms with Gasteiger partial charge in [-0.2, -0.15) is 0 Å². The second-order valence-corrected chi connectivity index (χ2v) is 6.73. The van der Waals surface area contributed by atoms with E-state index in [4.69, 9.17) is 0 Å². The van der Waals surface area contributed by atoms with E-state index in [1.165, 1.54) is 64.6 Å². The smallest absolute Gasteiger partial charge is 0.0207 e. The zero-order valence-electron chi connectivity index (χ0n) is 10.3. The minimum atomic E-state index is 0.785. The Bertz CT molecular complexity index is 276. The number of likely N-dealkylation sites (tertiary alicyclic amines) is 1. The lowest BCUT2D eigenvalue weighted by atomic mass is 10.0. The first kappa shape index (κ1) is 9.90. The summed E-state index contributed by atoms with van der Waals surface area (Å²) < 4.78 is 0. The van der Waals surface area contributed by atoms with E-state index in [9.17, 15) is 0 Å². The number of nitrogens with one attached hydrogen (secondary N) is 1. The third-order valence-electron chi connectivity index (χ3n) is 5.36. The van der Waals surface area contributed by atoms with Crippen LogP contribution in [0.1, 0.15) is 44.9 Å². The molecule has 1 N–H and O–H groups in total. The molecule has 0 bridgehead atoms. The van der Waals surface area contributed by atoms with Crippen molar-refractivity contribution in [2.45, 2.75) is 57.0 Å². The Kier molecular flexibility index (Phi) is 2.14. The highest BCUT2D eigenvalue weighted by Crippen LogP contribution is 2.60. The van der Waals surface area contributed by atoms with E-state index in [1.54, 1.807) is 0 Å². The molecule has 16 heavy (non-hydrogen) atoms. The molecule has 0 amide bonds. The molecule has 1 atom stereocenters. The molecule has 0 aromatic heterocycles. The van der Waals surface area contributed by atoms with Crippen molar-refractivity contribution >= 4 is 0 Å². The van der Waals surface area contributed by atoms with Crippen LogP contribution < -0.4 is 5.32 Å². The number of nitrogens with zero attached hydrogens (tertiary/aromatic N) is 1. The van der Waals surface area contributed by atoms with Crippen molar-refractivity contribution in [3.8, 4) is 0 Å². The molecule has 1 saturated heterocycles. The van der Waals surface area contributed by atoms with Crippen molar-refractivity contribution in [1.29, 1.82) is 0 Å². The summed E-state index contributed by atoms with van der Waals surface area (Å²) in [7, 11) is 0. The van der Waals surface area contributed by atoms with Crippen LogP contribution in [0.5, 0.6) is 0 Å². The summed E-state index contributed by atoms with van der Waals surface area (Å²) >= 11 is 0. The van der Waals surface area contributed by atoms with Gasteiger partial charge in [0.15, 0.2) is 0 Å². The van der Waals surface area contributed by atoms with Gasteiger partial charge in [-0.1, -0.05) is 0 Å². The number of hydrogen-bond acceptors (Lipinski definition) is 2. The average molecular weight is 220 g/mol. The highest BCUT2D eigenvalue weighted by atomic mass is 15.2. The van der Waals surface area contributed by atoms with Crippen molar-refractivity contribution in [3.05, 3.63) is 0 Å². The fraction of sp³-hybridized carbons (Fsp3) is 1.00. The van der Waals surface area contributed by atoms with Gasteiger partial charge in [0, 0.05) is 31.7 Å². The van der Waals surface area contributed by atoms with Crippen LogP contribution >= 0.6 is 0 Å². The van der Waals surface area contributed by atoms with Gasteiger partial charge >= 0.3 is 0 Å². The maximum atomic E-state index is 3.88. The fourth-order valence-corrected chi connectivity index (χ4v) is 3.66. The Labute approximate surface area is 98.8 Å². The van der Waals surface area contributed by atoms with Crippen LogP contribution in [0.4, 0.5) is 0 Å². The molecule has 0 aromatic carbocycles. The van der Waals surface area contributed by atoms with Gasteiger partial charge < -0.3 is 5.32 Å². The van der Waals surface area contributed by atoms with Crippen LogP contribution in [0.25, 0.3) is 0 Å². The number of rotatable bonds is 5. The van der Waals surface area contributed by atoms with Crippen molar-refractivity contribution in [2.24, 2.45) is 11.3 Å². The maximum absolute atomic E-state index is 3.88. The summed E-state index contributed by atoms with van der Waals surface area (Å²) in [6.07, 6.45) is 10.4. The zero-order chi connectivity index (χ0) is 10.6. The Hall–Kier alpha value is -0.0800. The predicted octanol–water partition coefficient (Wildman–Crippen LogP) is 2.00. The molecule has 1 unspecified atom stereocenters. The first-order valence-corrected chi connectivity index (χ1v) is 7.33. The van der Waals surface area contributed by atoms with Gasteiger partial charge in [-0.3, -0.25) is 4.90 Å². The van der Waals surface area contributed by atoms with Crippen LogP contribution in [0.3, 0.4) is 0 Å². The van der Waals surface area contributed by atoms with E-state index in [1.807, 2.05) is 0 Å². The molecule has 4 aliphatic rings. The predicted molar refractivity (Wildman–Crippen MR) is 65.4 cm³/mol. The molecule has 1 aliphatic heterocycles. The standard InChI is InChI=1S/C14H24N2/c1-2-11(1)14(6-7-14)10-15-12-5-8-16(9-12)13-3-4-13/h11-13,15H,1-10H2. The highest BCUT2D eigenvalue weighted by molar-refractivity contribution is 5.05. The van der Waals surface area contributed by atoms with Crippen LogP contribution in [0, 0.1) is 11.3 Å². The maximum Gasteiger partial charge on any atom is 0.0207 e. The van der Waals surface area contributed by atoms with Crippen LogP contribution in [0.2, 0.25) is 0 Å². The lowest BCUT2D eigenvalue weighted by Gasteiger charge is -2.20. The number of hydrogen-bond donors (Lipinski definition) is 1. The Morgan fingerprint density at radius 3 is 2.50 bits per heavy atom. The Balaban J connectivity index is 1.25. The minimum Gasteiger partial charge on any atom is -0.312 e. The van der Waals surface area contributed by atoms with Crippen LogP contribution in [-0.2, 0) is 0 Å². The second kappa shape index (κ2) is 3.46. The third-order valence-corrected chi connectivity index (χ3v) is 5.36. The van der Waals surface area contributed by atoms with Gasteiger partial charge in [-0.25, -0.2) is 0 Å². The molecule has 3 saturated carbocycles. The van der Waals surface area contributed by atoms with E-state index in [0.717, 1.165) is 23.4 Å². The molecule has 2 heteroatoms. The molecule has 2 nitrogen and oxygen atoms in total. The molecule has 1 heterocycles. The van der Waals surface area contributed by atoms with E-state index in [-0.39, 0.29) is 0 Å². The largest absolute Gasteiger partial charge is 0.312 e. The lowest BCUT2D eigenvalue weighted by molar-refractivity contribution is 0.309. The van der Waals surface area contributed by atoms with E-state index in [2.05, 4.69) is 10.2 Å². The van der Waals surface area contributed by atoms with E-state index < -0.39 is 0 Å². The summed E-state index contributed by atoms with van der Waals surface area (Å²) in [5, 5.41) is 3.88. The summed E-state index contributed by atoms with van der Waals surface area (Å²) in [6, 6.07) is 1.79. The van der Waals surface area contributed by atoms with E-state index >= 15 is 0 Å². The highest BCUT2D eigenvalue weighted by Gasteiger charge is 2.53. The molecule has 0 aromatic rings. The average Bonchev–Trinajstić information content (AvgIpc) is 3.10. The van der Waals surface area contributed by atoms with Crippen molar-refractivity contribution < 1.29 is 0 Å². The molecule has 90 valence electrons. The zero-order valence-corrected chi connectivity index (χ0v) is 10.3. The molecule has 4 fully saturated rings. The molecular weight excluding hydrogens is 196 g/mol. The molecule has 3 aliphatic carbocycles. The fourth-order valence-electron chi connectivity index (χ4n) is 3.66. The Morgan fingerprint density at radius 1 is 1.06 bits per heavy atom. The molecular formula is C14H24N2. The topological polar surface area (TPSA) is 15.3 Å². The lowest BCUT2D eigenvalue weighted by Crippen LogP contribution is -2.37.